The fraction of sp³-hybridized carbons (Fsp3) is 0.375. The number of fused-ring (bicyclic) bond motifs is 1. The molecule has 112 valence electrons. The van der Waals surface area contributed by atoms with Gasteiger partial charge in [-0.15, -0.1) is 0 Å². The van der Waals surface area contributed by atoms with Crippen LogP contribution >= 0.6 is 0 Å². The first-order valence-electron chi connectivity index (χ1n) is 6.87. The lowest BCUT2D eigenvalue weighted by Crippen LogP contribution is -2.16. The fourth-order valence-corrected chi connectivity index (χ4v) is 2.17. The van der Waals surface area contributed by atoms with Gasteiger partial charge >= 0.3 is 11.6 Å². The lowest BCUT2D eigenvalue weighted by molar-refractivity contribution is -0.134. The van der Waals surface area contributed by atoms with Crippen molar-refractivity contribution in [2.24, 2.45) is 0 Å². The van der Waals surface area contributed by atoms with E-state index in [1.54, 1.807) is 26.0 Å². The van der Waals surface area contributed by atoms with Crippen LogP contribution in [0.5, 0.6) is 5.75 Å². The minimum absolute atomic E-state index is 0.247. The van der Waals surface area contributed by atoms with Crippen LogP contribution in [0.3, 0.4) is 0 Å². The van der Waals surface area contributed by atoms with E-state index in [2.05, 4.69) is 0 Å². The number of ether oxygens (including phenoxy) is 1. The van der Waals surface area contributed by atoms with E-state index < -0.39 is 11.7 Å². The van der Waals surface area contributed by atoms with Crippen molar-refractivity contribution in [2.75, 3.05) is 0 Å². The predicted molar refractivity (Wildman–Crippen MR) is 78.5 cm³/mol. The van der Waals surface area contributed by atoms with Gasteiger partial charge in [0.15, 0.2) is 0 Å². The van der Waals surface area contributed by atoms with E-state index in [1.807, 2.05) is 6.92 Å². The van der Waals surface area contributed by atoms with Crippen molar-refractivity contribution in [3.63, 3.8) is 0 Å². The van der Waals surface area contributed by atoms with Crippen LogP contribution in [-0.4, -0.2) is 17.2 Å². The second-order valence-electron chi connectivity index (χ2n) is 5.03. The van der Waals surface area contributed by atoms with Crippen LogP contribution in [0.1, 0.15) is 31.4 Å². The first kappa shape index (κ1) is 15.3. The number of benzene rings is 1. The third-order valence-corrected chi connectivity index (χ3v) is 3.28. The van der Waals surface area contributed by atoms with Gasteiger partial charge in [0.1, 0.15) is 11.3 Å². The number of hydrogen-bond acceptors (Lipinski definition) is 5. The molecule has 2 aromatic rings. The van der Waals surface area contributed by atoms with Crippen molar-refractivity contribution >= 4 is 16.9 Å². The summed E-state index contributed by atoms with van der Waals surface area (Å²) in [6, 6.07) is 4.94. The number of aryl methyl sites for hydroxylation is 1. The molecule has 21 heavy (non-hydrogen) atoms. The highest BCUT2D eigenvalue weighted by Gasteiger charge is 2.14. The van der Waals surface area contributed by atoms with Gasteiger partial charge in [-0.3, -0.25) is 4.79 Å². The summed E-state index contributed by atoms with van der Waals surface area (Å²) in [5.41, 5.74) is 1.14. The summed E-state index contributed by atoms with van der Waals surface area (Å²) in [5.74, 6) is -0.000629. The Bertz CT molecular complexity index is 727. The molecule has 0 bridgehead atoms. The third-order valence-electron chi connectivity index (χ3n) is 3.28. The number of carbonyl (C=O) groups excluding carboxylic acids is 1. The summed E-state index contributed by atoms with van der Waals surface area (Å²) < 4.78 is 10.4. The Morgan fingerprint density at radius 3 is 2.76 bits per heavy atom. The van der Waals surface area contributed by atoms with Crippen molar-refractivity contribution in [1.82, 2.24) is 0 Å². The maximum Gasteiger partial charge on any atom is 0.339 e. The van der Waals surface area contributed by atoms with Crippen LogP contribution < -0.4 is 10.4 Å². The molecule has 5 nitrogen and oxygen atoms in total. The SMILES string of the molecule is CCC(=O)Oc1ccc2c(C)c(C[C@@H](C)O)c(=O)oc2c1. The summed E-state index contributed by atoms with van der Waals surface area (Å²) in [6.45, 7) is 5.14. The molecule has 1 N–H and O–H groups in total. The second kappa shape index (κ2) is 6.10. The second-order valence-corrected chi connectivity index (χ2v) is 5.03. The van der Waals surface area contributed by atoms with Crippen LogP contribution in [0.2, 0.25) is 0 Å². The zero-order valence-corrected chi connectivity index (χ0v) is 12.3. The van der Waals surface area contributed by atoms with Crippen LogP contribution in [0.15, 0.2) is 27.4 Å². The van der Waals surface area contributed by atoms with Gasteiger partial charge in [-0.1, -0.05) is 6.92 Å². The number of hydrogen-bond donors (Lipinski definition) is 1. The highest BCUT2D eigenvalue weighted by atomic mass is 16.5. The lowest BCUT2D eigenvalue weighted by atomic mass is 10.0. The lowest BCUT2D eigenvalue weighted by Gasteiger charge is -2.10. The Balaban J connectivity index is 2.51. The van der Waals surface area contributed by atoms with Crippen LogP contribution in [-0.2, 0) is 11.2 Å². The summed E-state index contributed by atoms with van der Waals surface area (Å²) in [4.78, 5) is 23.3. The van der Waals surface area contributed by atoms with Crippen molar-refractivity contribution in [2.45, 2.75) is 39.7 Å². The number of aliphatic hydroxyl groups excluding tert-OH is 1. The standard InChI is InChI=1S/C16H18O5/c1-4-15(18)20-11-5-6-12-10(3)13(7-9(2)17)16(19)21-14(12)8-11/h5-6,8-9,17H,4,7H2,1-3H3/t9-/m1/s1. The van der Waals surface area contributed by atoms with Gasteiger partial charge < -0.3 is 14.3 Å². The normalized spacial score (nSPS) is 12.4. The van der Waals surface area contributed by atoms with Gasteiger partial charge in [0, 0.05) is 29.9 Å². The van der Waals surface area contributed by atoms with E-state index in [1.165, 1.54) is 6.07 Å². The number of aliphatic hydroxyl groups is 1. The van der Waals surface area contributed by atoms with Crippen LogP contribution in [0, 0.1) is 6.92 Å². The largest absolute Gasteiger partial charge is 0.426 e. The molecule has 1 aromatic carbocycles. The van der Waals surface area contributed by atoms with Gasteiger partial charge in [0.25, 0.3) is 0 Å². The average Bonchev–Trinajstić information content (AvgIpc) is 2.42. The van der Waals surface area contributed by atoms with Crippen molar-refractivity contribution in [1.29, 1.82) is 0 Å². The number of esters is 1. The molecular formula is C16H18O5. The van der Waals surface area contributed by atoms with Gasteiger partial charge in [-0.2, -0.15) is 0 Å². The molecule has 0 saturated heterocycles. The molecule has 0 saturated carbocycles. The number of rotatable bonds is 4. The molecule has 0 aliphatic carbocycles. The fourth-order valence-electron chi connectivity index (χ4n) is 2.17. The minimum Gasteiger partial charge on any atom is -0.426 e. The molecule has 0 spiro atoms. The quantitative estimate of drug-likeness (QED) is 0.531. The molecule has 0 aliphatic rings. The van der Waals surface area contributed by atoms with Crippen molar-refractivity contribution in [3.05, 3.63) is 39.7 Å². The van der Waals surface area contributed by atoms with Crippen molar-refractivity contribution in [3.8, 4) is 5.75 Å². The number of carbonyl (C=O) groups is 1. The Morgan fingerprint density at radius 2 is 2.14 bits per heavy atom. The van der Waals surface area contributed by atoms with Crippen LogP contribution in [0.25, 0.3) is 11.0 Å². The zero-order valence-electron chi connectivity index (χ0n) is 12.3. The Morgan fingerprint density at radius 1 is 1.43 bits per heavy atom. The average molecular weight is 290 g/mol. The summed E-state index contributed by atoms with van der Waals surface area (Å²) in [5, 5.41) is 10.2. The summed E-state index contributed by atoms with van der Waals surface area (Å²) in [6.07, 6.45) is -0.0980. The summed E-state index contributed by atoms with van der Waals surface area (Å²) in [7, 11) is 0. The van der Waals surface area contributed by atoms with E-state index in [0.29, 0.717) is 16.9 Å². The van der Waals surface area contributed by atoms with E-state index in [9.17, 15) is 14.7 Å². The smallest absolute Gasteiger partial charge is 0.339 e. The molecule has 0 radical (unpaired) electrons. The molecule has 0 amide bonds. The zero-order chi connectivity index (χ0) is 15.6. The highest BCUT2D eigenvalue weighted by Crippen LogP contribution is 2.24. The molecule has 1 atom stereocenters. The molecule has 5 heteroatoms. The first-order chi connectivity index (χ1) is 9.92. The Kier molecular flexibility index (Phi) is 4.43. The van der Waals surface area contributed by atoms with Gasteiger partial charge in [-0.25, -0.2) is 4.79 Å². The topological polar surface area (TPSA) is 76.7 Å². The highest BCUT2D eigenvalue weighted by molar-refractivity contribution is 5.83. The van der Waals surface area contributed by atoms with Gasteiger partial charge in [0.2, 0.25) is 0 Å². The van der Waals surface area contributed by atoms with Gasteiger partial charge in [-0.05, 0) is 31.5 Å². The monoisotopic (exact) mass is 290 g/mol. The maximum atomic E-state index is 12.0. The molecule has 0 unspecified atom stereocenters. The molecule has 1 heterocycles. The third kappa shape index (κ3) is 3.31. The minimum atomic E-state index is -0.617. The molecule has 0 aliphatic heterocycles. The van der Waals surface area contributed by atoms with E-state index in [4.69, 9.17) is 9.15 Å². The Labute approximate surface area is 122 Å². The maximum absolute atomic E-state index is 12.0. The molecular weight excluding hydrogens is 272 g/mol. The van der Waals surface area contributed by atoms with Crippen LogP contribution in [0.4, 0.5) is 0 Å². The molecule has 2 rings (SSSR count). The van der Waals surface area contributed by atoms with E-state index >= 15 is 0 Å². The Hall–Kier alpha value is -2.14. The predicted octanol–water partition coefficient (Wildman–Crippen LogP) is 2.34. The van der Waals surface area contributed by atoms with Gasteiger partial charge in [0.05, 0.1) is 6.10 Å². The molecule has 1 aromatic heterocycles. The van der Waals surface area contributed by atoms with Crippen molar-refractivity contribution < 1.29 is 19.1 Å². The summed E-state index contributed by atoms with van der Waals surface area (Å²) >= 11 is 0. The first-order valence-corrected chi connectivity index (χ1v) is 6.87. The molecule has 0 fully saturated rings. The van der Waals surface area contributed by atoms with E-state index in [0.717, 1.165) is 10.9 Å². The van der Waals surface area contributed by atoms with E-state index in [-0.39, 0.29) is 18.8 Å².